The van der Waals surface area contributed by atoms with Gasteiger partial charge in [-0.3, -0.25) is 4.79 Å². The Hall–Kier alpha value is -1.42. The summed E-state index contributed by atoms with van der Waals surface area (Å²) in [6, 6.07) is 5.90. The molecule has 1 aromatic rings. The van der Waals surface area contributed by atoms with Crippen LogP contribution in [0.1, 0.15) is 12.8 Å². The smallest absolute Gasteiger partial charge is 0.162 e. The van der Waals surface area contributed by atoms with Crippen LogP contribution in [0.25, 0.3) is 0 Å². The Morgan fingerprint density at radius 3 is 2.65 bits per heavy atom. The summed E-state index contributed by atoms with van der Waals surface area (Å²) >= 11 is 1.63. The van der Waals surface area contributed by atoms with Crippen LogP contribution >= 0.6 is 11.8 Å². The second kappa shape index (κ2) is 4.45. The Morgan fingerprint density at radius 2 is 1.88 bits per heavy atom. The van der Waals surface area contributed by atoms with Crippen molar-refractivity contribution in [3.8, 4) is 11.5 Å². The van der Waals surface area contributed by atoms with Gasteiger partial charge >= 0.3 is 0 Å². The van der Waals surface area contributed by atoms with Crippen molar-refractivity contribution in [3.05, 3.63) is 29.2 Å². The van der Waals surface area contributed by atoms with Gasteiger partial charge in [-0.25, -0.2) is 0 Å². The van der Waals surface area contributed by atoms with Crippen LogP contribution in [0.15, 0.2) is 34.1 Å². The normalized spacial score (nSPS) is 18.1. The number of benzene rings is 1. The minimum atomic E-state index is 0.227. The van der Waals surface area contributed by atoms with E-state index >= 15 is 0 Å². The van der Waals surface area contributed by atoms with Gasteiger partial charge in [0.2, 0.25) is 0 Å². The third-order valence-corrected chi connectivity index (χ3v) is 3.78. The number of carbonyl (C=O) groups excluding carboxylic acids is 1. The van der Waals surface area contributed by atoms with Crippen molar-refractivity contribution in [1.29, 1.82) is 0 Å². The molecule has 1 heterocycles. The van der Waals surface area contributed by atoms with Crippen molar-refractivity contribution >= 4 is 17.5 Å². The van der Waals surface area contributed by atoms with Crippen LogP contribution in [0, 0.1) is 0 Å². The molecule has 4 heteroatoms. The fourth-order valence-corrected chi connectivity index (χ4v) is 2.89. The van der Waals surface area contributed by atoms with E-state index in [0.717, 1.165) is 27.7 Å². The van der Waals surface area contributed by atoms with Crippen molar-refractivity contribution in [2.75, 3.05) is 13.2 Å². The molecular weight excluding hydrogens is 236 g/mol. The highest BCUT2D eigenvalue weighted by Gasteiger charge is 2.15. The Balaban J connectivity index is 1.80. The lowest BCUT2D eigenvalue weighted by molar-refractivity contribution is -0.114. The average Bonchev–Trinajstić information content (AvgIpc) is 2.75. The third kappa shape index (κ3) is 2.31. The molecule has 1 aliphatic heterocycles. The topological polar surface area (TPSA) is 35.5 Å². The van der Waals surface area contributed by atoms with Crippen molar-refractivity contribution in [3.63, 3.8) is 0 Å². The molecular formula is C13H12O3S. The van der Waals surface area contributed by atoms with E-state index in [1.807, 2.05) is 18.2 Å². The van der Waals surface area contributed by atoms with E-state index in [9.17, 15) is 4.79 Å². The number of hydrogen-bond acceptors (Lipinski definition) is 4. The maximum Gasteiger partial charge on any atom is 0.162 e. The lowest BCUT2D eigenvalue weighted by Crippen LogP contribution is -2.15. The molecule has 0 saturated carbocycles. The summed E-state index contributed by atoms with van der Waals surface area (Å²) in [7, 11) is 0. The summed E-state index contributed by atoms with van der Waals surface area (Å²) in [4.78, 5) is 13.4. The number of rotatable bonds is 2. The number of fused-ring (bicyclic) bond motifs is 1. The minimum absolute atomic E-state index is 0.227. The van der Waals surface area contributed by atoms with E-state index in [1.165, 1.54) is 0 Å². The minimum Gasteiger partial charge on any atom is -0.486 e. The lowest BCUT2D eigenvalue weighted by Gasteiger charge is -2.18. The standard InChI is InChI=1S/C13H12O3S/c14-9-1-2-10(7-9)17-11-3-4-12-13(8-11)16-6-5-15-12/h3-4,7-8H,1-2,5-6H2. The van der Waals surface area contributed by atoms with Crippen LogP contribution < -0.4 is 9.47 Å². The second-order valence-electron chi connectivity index (χ2n) is 3.98. The van der Waals surface area contributed by atoms with Crippen LogP contribution in [0.5, 0.6) is 11.5 Å². The SMILES string of the molecule is O=C1C=C(Sc2ccc3c(c2)OCCO3)CC1. The molecule has 1 aliphatic carbocycles. The third-order valence-electron chi connectivity index (χ3n) is 2.70. The van der Waals surface area contributed by atoms with E-state index in [0.29, 0.717) is 19.6 Å². The van der Waals surface area contributed by atoms with Crippen molar-refractivity contribution in [2.24, 2.45) is 0 Å². The molecule has 0 saturated heterocycles. The predicted octanol–water partition coefficient (Wildman–Crippen LogP) is 2.80. The van der Waals surface area contributed by atoms with E-state index in [2.05, 4.69) is 0 Å². The fraction of sp³-hybridized carbons (Fsp3) is 0.308. The van der Waals surface area contributed by atoms with Crippen LogP contribution in [0.4, 0.5) is 0 Å². The maximum atomic E-state index is 11.1. The highest BCUT2D eigenvalue weighted by Crippen LogP contribution is 2.38. The molecule has 0 fully saturated rings. The van der Waals surface area contributed by atoms with Gasteiger partial charge in [-0.1, -0.05) is 11.8 Å². The molecule has 0 bridgehead atoms. The van der Waals surface area contributed by atoms with Gasteiger partial charge in [0, 0.05) is 11.3 Å². The molecule has 0 radical (unpaired) electrons. The van der Waals surface area contributed by atoms with Crippen molar-refractivity contribution in [2.45, 2.75) is 17.7 Å². The number of thioether (sulfide) groups is 1. The van der Waals surface area contributed by atoms with Gasteiger partial charge in [-0.05, 0) is 35.6 Å². The Labute approximate surface area is 104 Å². The molecule has 17 heavy (non-hydrogen) atoms. The molecule has 0 amide bonds. The van der Waals surface area contributed by atoms with Gasteiger partial charge in [-0.2, -0.15) is 0 Å². The van der Waals surface area contributed by atoms with Gasteiger partial charge in [-0.15, -0.1) is 0 Å². The van der Waals surface area contributed by atoms with Crippen LogP contribution in [-0.4, -0.2) is 19.0 Å². The number of allylic oxidation sites excluding steroid dienone is 2. The lowest BCUT2D eigenvalue weighted by atomic mass is 10.3. The molecule has 88 valence electrons. The maximum absolute atomic E-state index is 11.1. The first kappa shape index (κ1) is 10.7. The van der Waals surface area contributed by atoms with Crippen LogP contribution in [-0.2, 0) is 4.79 Å². The van der Waals surface area contributed by atoms with Gasteiger partial charge in [0.1, 0.15) is 13.2 Å². The number of carbonyl (C=O) groups is 1. The first-order valence-corrected chi connectivity index (χ1v) is 6.44. The fourth-order valence-electron chi connectivity index (χ4n) is 1.89. The van der Waals surface area contributed by atoms with Gasteiger partial charge in [0.05, 0.1) is 0 Å². The van der Waals surface area contributed by atoms with Crippen molar-refractivity contribution in [1.82, 2.24) is 0 Å². The first-order valence-electron chi connectivity index (χ1n) is 5.62. The summed E-state index contributed by atoms with van der Waals surface area (Å²) < 4.78 is 11.0. The molecule has 2 aliphatic rings. The Morgan fingerprint density at radius 1 is 1.06 bits per heavy atom. The zero-order chi connectivity index (χ0) is 11.7. The summed E-state index contributed by atoms with van der Waals surface area (Å²) in [5.41, 5.74) is 0. The summed E-state index contributed by atoms with van der Waals surface area (Å²) in [5, 5.41) is 0. The van der Waals surface area contributed by atoms with E-state index in [-0.39, 0.29) is 5.78 Å². The Kier molecular flexibility index (Phi) is 2.81. The molecule has 0 N–H and O–H groups in total. The zero-order valence-electron chi connectivity index (χ0n) is 9.27. The molecule has 1 aromatic carbocycles. The van der Waals surface area contributed by atoms with Gasteiger partial charge in [0.25, 0.3) is 0 Å². The quantitative estimate of drug-likeness (QED) is 0.806. The second-order valence-corrected chi connectivity index (χ2v) is 5.18. The largest absolute Gasteiger partial charge is 0.486 e. The summed E-state index contributed by atoms with van der Waals surface area (Å²) in [5.74, 6) is 1.83. The zero-order valence-corrected chi connectivity index (χ0v) is 10.1. The molecule has 0 unspecified atom stereocenters. The summed E-state index contributed by atoms with van der Waals surface area (Å²) in [6.45, 7) is 1.21. The number of ether oxygens (including phenoxy) is 2. The number of hydrogen-bond donors (Lipinski definition) is 0. The van der Waals surface area contributed by atoms with E-state index in [1.54, 1.807) is 17.8 Å². The van der Waals surface area contributed by atoms with E-state index < -0.39 is 0 Å². The molecule has 0 atom stereocenters. The predicted molar refractivity (Wildman–Crippen MR) is 65.6 cm³/mol. The van der Waals surface area contributed by atoms with E-state index in [4.69, 9.17) is 9.47 Å². The Bertz CT molecular complexity index is 493. The summed E-state index contributed by atoms with van der Waals surface area (Å²) in [6.07, 6.45) is 3.24. The van der Waals surface area contributed by atoms with Gasteiger partial charge in [0.15, 0.2) is 17.3 Å². The van der Waals surface area contributed by atoms with Crippen molar-refractivity contribution < 1.29 is 14.3 Å². The molecule has 3 rings (SSSR count). The van der Waals surface area contributed by atoms with Gasteiger partial charge < -0.3 is 9.47 Å². The molecule has 3 nitrogen and oxygen atoms in total. The highest BCUT2D eigenvalue weighted by molar-refractivity contribution is 8.03. The van der Waals surface area contributed by atoms with Crippen LogP contribution in [0.2, 0.25) is 0 Å². The average molecular weight is 248 g/mol. The number of ketones is 1. The first-order chi connectivity index (χ1) is 8.31. The highest BCUT2D eigenvalue weighted by atomic mass is 32.2. The molecule has 0 aromatic heterocycles. The molecule has 0 spiro atoms. The monoisotopic (exact) mass is 248 g/mol. The van der Waals surface area contributed by atoms with Crippen LogP contribution in [0.3, 0.4) is 0 Å².